The van der Waals surface area contributed by atoms with Crippen LogP contribution >= 0.6 is 22.9 Å². The molecule has 3 nitrogen and oxygen atoms in total. The SMILES string of the molecule is CN(CCC(N)=O)Cc1ccc(Cl)s1. The Morgan fingerprint density at radius 3 is 2.86 bits per heavy atom. The summed E-state index contributed by atoms with van der Waals surface area (Å²) < 4.78 is 0.795. The lowest BCUT2D eigenvalue weighted by Gasteiger charge is -2.13. The van der Waals surface area contributed by atoms with Crippen molar-refractivity contribution in [1.82, 2.24) is 4.90 Å². The van der Waals surface area contributed by atoms with E-state index in [-0.39, 0.29) is 5.91 Å². The first-order valence-electron chi connectivity index (χ1n) is 4.29. The summed E-state index contributed by atoms with van der Waals surface area (Å²) >= 11 is 7.36. The first-order chi connectivity index (χ1) is 6.58. The molecule has 0 saturated carbocycles. The monoisotopic (exact) mass is 232 g/mol. The van der Waals surface area contributed by atoms with E-state index in [2.05, 4.69) is 0 Å². The molecule has 1 aromatic heterocycles. The van der Waals surface area contributed by atoms with Crippen molar-refractivity contribution >= 4 is 28.8 Å². The van der Waals surface area contributed by atoms with Crippen molar-refractivity contribution in [3.63, 3.8) is 0 Å². The summed E-state index contributed by atoms with van der Waals surface area (Å²) in [4.78, 5) is 13.8. The maximum absolute atomic E-state index is 10.5. The molecular formula is C9H13ClN2OS. The Bertz CT molecular complexity index is 314. The average Bonchev–Trinajstić information content (AvgIpc) is 2.48. The quantitative estimate of drug-likeness (QED) is 0.840. The number of hydrogen-bond donors (Lipinski definition) is 1. The number of hydrogen-bond acceptors (Lipinski definition) is 3. The van der Waals surface area contributed by atoms with Crippen LogP contribution in [0, 0.1) is 0 Å². The summed E-state index contributed by atoms with van der Waals surface area (Å²) in [5.74, 6) is -0.263. The predicted octanol–water partition coefficient (Wildman–Crippen LogP) is 1.71. The Kier molecular flexibility index (Phi) is 4.38. The van der Waals surface area contributed by atoms with E-state index in [1.165, 1.54) is 4.88 Å². The minimum Gasteiger partial charge on any atom is -0.370 e. The van der Waals surface area contributed by atoms with E-state index in [4.69, 9.17) is 17.3 Å². The third-order valence-corrected chi connectivity index (χ3v) is 3.01. The highest BCUT2D eigenvalue weighted by atomic mass is 35.5. The van der Waals surface area contributed by atoms with Crippen LogP contribution in [0.5, 0.6) is 0 Å². The van der Waals surface area contributed by atoms with E-state index >= 15 is 0 Å². The van der Waals surface area contributed by atoms with Gasteiger partial charge in [-0.25, -0.2) is 0 Å². The summed E-state index contributed by atoms with van der Waals surface area (Å²) in [7, 11) is 1.95. The Labute approximate surface area is 92.5 Å². The number of nitrogens with two attached hydrogens (primary N) is 1. The summed E-state index contributed by atoms with van der Waals surface area (Å²) in [6, 6.07) is 3.87. The third kappa shape index (κ3) is 4.09. The normalized spacial score (nSPS) is 10.8. The first-order valence-corrected chi connectivity index (χ1v) is 5.48. The van der Waals surface area contributed by atoms with Gasteiger partial charge in [0.1, 0.15) is 0 Å². The number of thiophene rings is 1. The Hall–Kier alpha value is -0.580. The van der Waals surface area contributed by atoms with Gasteiger partial charge in [0.05, 0.1) is 4.34 Å². The van der Waals surface area contributed by atoms with Crippen molar-refractivity contribution < 1.29 is 4.79 Å². The van der Waals surface area contributed by atoms with Gasteiger partial charge in [0, 0.05) is 24.4 Å². The fraction of sp³-hybridized carbons (Fsp3) is 0.444. The zero-order valence-electron chi connectivity index (χ0n) is 8.00. The maximum atomic E-state index is 10.5. The molecule has 0 aliphatic heterocycles. The van der Waals surface area contributed by atoms with Crippen LogP contribution in [0.2, 0.25) is 4.34 Å². The Morgan fingerprint density at radius 2 is 2.36 bits per heavy atom. The fourth-order valence-electron chi connectivity index (χ4n) is 1.08. The molecule has 2 N–H and O–H groups in total. The molecule has 0 aromatic carbocycles. The van der Waals surface area contributed by atoms with Crippen LogP contribution in [0.1, 0.15) is 11.3 Å². The average molecular weight is 233 g/mol. The first kappa shape index (κ1) is 11.5. The van der Waals surface area contributed by atoms with Crippen molar-refractivity contribution in [2.75, 3.05) is 13.6 Å². The van der Waals surface area contributed by atoms with Crippen LogP contribution in [-0.2, 0) is 11.3 Å². The summed E-state index contributed by atoms with van der Waals surface area (Å²) in [6.07, 6.45) is 0.398. The zero-order valence-corrected chi connectivity index (χ0v) is 9.57. The van der Waals surface area contributed by atoms with Crippen molar-refractivity contribution in [3.05, 3.63) is 21.3 Å². The van der Waals surface area contributed by atoms with Gasteiger partial charge in [-0.2, -0.15) is 0 Å². The number of nitrogens with zero attached hydrogens (tertiary/aromatic N) is 1. The van der Waals surface area contributed by atoms with E-state index in [1.54, 1.807) is 11.3 Å². The van der Waals surface area contributed by atoms with Crippen LogP contribution in [0.4, 0.5) is 0 Å². The minimum atomic E-state index is -0.263. The van der Waals surface area contributed by atoms with Crippen molar-refractivity contribution in [2.45, 2.75) is 13.0 Å². The maximum Gasteiger partial charge on any atom is 0.218 e. The highest BCUT2D eigenvalue weighted by Gasteiger charge is 2.04. The molecule has 0 unspecified atom stereocenters. The number of rotatable bonds is 5. The lowest BCUT2D eigenvalue weighted by atomic mass is 10.3. The summed E-state index contributed by atoms with van der Waals surface area (Å²) in [5.41, 5.74) is 5.05. The standard InChI is InChI=1S/C9H13ClN2OS/c1-12(5-4-9(11)13)6-7-2-3-8(10)14-7/h2-3H,4-6H2,1H3,(H2,11,13). The Balaban J connectivity index is 2.33. The van der Waals surface area contributed by atoms with Crippen molar-refractivity contribution in [3.8, 4) is 0 Å². The molecule has 0 aliphatic rings. The fourth-order valence-corrected chi connectivity index (χ4v) is 2.25. The van der Waals surface area contributed by atoms with Gasteiger partial charge in [-0.3, -0.25) is 4.79 Å². The van der Waals surface area contributed by atoms with Gasteiger partial charge in [0.2, 0.25) is 5.91 Å². The molecular weight excluding hydrogens is 220 g/mol. The second kappa shape index (κ2) is 5.34. The molecule has 0 aliphatic carbocycles. The smallest absolute Gasteiger partial charge is 0.218 e. The molecule has 0 saturated heterocycles. The molecule has 14 heavy (non-hydrogen) atoms. The highest BCUT2D eigenvalue weighted by Crippen LogP contribution is 2.22. The molecule has 0 spiro atoms. The number of carbonyl (C=O) groups excluding carboxylic acids is 1. The van der Waals surface area contributed by atoms with E-state index in [9.17, 15) is 4.79 Å². The van der Waals surface area contributed by atoms with Crippen LogP contribution in [0.15, 0.2) is 12.1 Å². The molecule has 0 fully saturated rings. The molecule has 0 bridgehead atoms. The molecule has 5 heteroatoms. The van der Waals surface area contributed by atoms with Gasteiger partial charge < -0.3 is 10.6 Å². The van der Waals surface area contributed by atoms with Crippen LogP contribution in [0.25, 0.3) is 0 Å². The number of amides is 1. The summed E-state index contributed by atoms with van der Waals surface area (Å²) in [5, 5.41) is 0. The molecule has 1 aromatic rings. The lowest BCUT2D eigenvalue weighted by Crippen LogP contribution is -2.23. The lowest BCUT2D eigenvalue weighted by molar-refractivity contribution is -0.118. The minimum absolute atomic E-state index is 0.263. The van der Waals surface area contributed by atoms with E-state index < -0.39 is 0 Å². The molecule has 1 rings (SSSR count). The van der Waals surface area contributed by atoms with Crippen LogP contribution in [-0.4, -0.2) is 24.4 Å². The largest absolute Gasteiger partial charge is 0.370 e. The van der Waals surface area contributed by atoms with Gasteiger partial charge in [-0.1, -0.05) is 11.6 Å². The molecule has 1 heterocycles. The third-order valence-electron chi connectivity index (χ3n) is 1.79. The second-order valence-electron chi connectivity index (χ2n) is 3.16. The molecule has 0 radical (unpaired) electrons. The van der Waals surface area contributed by atoms with Crippen LogP contribution < -0.4 is 5.73 Å². The molecule has 78 valence electrons. The predicted molar refractivity (Wildman–Crippen MR) is 59.5 cm³/mol. The topological polar surface area (TPSA) is 46.3 Å². The number of carbonyl (C=O) groups is 1. The van der Waals surface area contributed by atoms with E-state index in [1.807, 2.05) is 24.1 Å². The zero-order chi connectivity index (χ0) is 10.6. The van der Waals surface area contributed by atoms with Crippen molar-refractivity contribution in [2.24, 2.45) is 5.73 Å². The number of primary amides is 1. The van der Waals surface area contributed by atoms with Gasteiger partial charge in [0.25, 0.3) is 0 Å². The highest BCUT2D eigenvalue weighted by molar-refractivity contribution is 7.16. The van der Waals surface area contributed by atoms with Gasteiger partial charge in [0.15, 0.2) is 0 Å². The van der Waals surface area contributed by atoms with Crippen LogP contribution in [0.3, 0.4) is 0 Å². The van der Waals surface area contributed by atoms with E-state index in [0.29, 0.717) is 13.0 Å². The second-order valence-corrected chi connectivity index (χ2v) is 4.96. The Morgan fingerprint density at radius 1 is 1.64 bits per heavy atom. The molecule has 0 atom stereocenters. The van der Waals surface area contributed by atoms with Gasteiger partial charge in [-0.05, 0) is 19.2 Å². The number of halogens is 1. The molecule has 1 amide bonds. The van der Waals surface area contributed by atoms with Crippen molar-refractivity contribution in [1.29, 1.82) is 0 Å². The van der Waals surface area contributed by atoms with Gasteiger partial charge in [-0.15, -0.1) is 11.3 Å². The van der Waals surface area contributed by atoms with Gasteiger partial charge >= 0.3 is 0 Å². The summed E-state index contributed by atoms with van der Waals surface area (Å²) in [6.45, 7) is 1.50. The van der Waals surface area contributed by atoms with E-state index in [0.717, 1.165) is 10.9 Å².